The zero-order chi connectivity index (χ0) is 22.3. The van der Waals surface area contributed by atoms with E-state index < -0.39 is 0 Å². The number of rotatable bonds is 5. The Morgan fingerprint density at radius 2 is 1.50 bits per heavy atom. The lowest BCUT2D eigenvalue weighted by Crippen LogP contribution is -2.48. The molecule has 0 atom stereocenters. The smallest absolute Gasteiger partial charge is 0.337 e. The fourth-order valence-corrected chi connectivity index (χ4v) is 3.71. The molecule has 3 aromatic carbocycles. The van der Waals surface area contributed by atoms with E-state index in [1.807, 2.05) is 59.5 Å². The predicted octanol–water partition coefficient (Wildman–Crippen LogP) is 4.60. The van der Waals surface area contributed by atoms with Crippen LogP contribution in [-0.2, 0) is 16.0 Å². The van der Waals surface area contributed by atoms with Crippen molar-refractivity contribution in [3.05, 3.63) is 90.0 Å². The Balaban J connectivity index is 1.60. The Labute approximate surface area is 188 Å². The molecule has 0 spiro atoms. The SMILES string of the molecule is COC(=O)c1ccc(CN(C(=O)N2CCOCC2)c2ccc(-c3ccccc3)cc2)cc1. The normalized spacial score (nSPS) is 13.5. The quantitative estimate of drug-likeness (QED) is 0.555. The van der Waals surface area contributed by atoms with E-state index >= 15 is 0 Å². The molecule has 0 N–H and O–H groups in total. The first-order valence-electron chi connectivity index (χ1n) is 10.6. The highest BCUT2D eigenvalue weighted by Gasteiger charge is 2.24. The fourth-order valence-electron chi connectivity index (χ4n) is 3.71. The molecule has 0 radical (unpaired) electrons. The van der Waals surface area contributed by atoms with Gasteiger partial charge in [-0.3, -0.25) is 4.90 Å². The highest BCUT2D eigenvalue weighted by molar-refractivity contribution is 5.92. The van der Waals surface area contributed by atoms with Crippen molar-refractivity contribution in [2.75, 3.05) is 38.3 Å². The molecule has 0 aliphatic carbocycles. The van der Waals surface area contributed by atoms with Gasteiger partial charge in [0, 0.05) is 18.8 Å². The average molecular weight is 431 g/mol. The van der Waals surface area contributed by atoms with Crippen LogP contribution in [0.3, 0.4) is 0 Å². The zero-order valence-electron chi connectivity index (χ0n) is 18.1. The van der Waals surface area contributed by atoms with Crippen molar-refractivity contribution in [2.24, 2.45) is 0 Å². The first kappa shape index (κ1) is 21.6. The molecule has 32 heavy (non-hydrogen) atoms. The first-order valence-corrected chi connectivity index (χ1v) is 10.6. The number of carbonyl (C=O) groups excluding carboxylic acids is 2. The van der Waals surface area contributed by atoms with Crippen molar-refractivity contribution in [1.82, 2.24) is 4.90 Å². The number of esters is 1. The molecule has 0 bridgehead atoms. The van der Waals surface area contributed by atoms with E-state index in [0.29, 0.717) is 38.4 Å². The van der Waals surface area contributed by atoms with E-state index in [-0.39, 0.29) is 12.0 Å². The van der Waals surface area contributed by atoms with E-state index in [4.69, 9.17) is 9.47 Å². The number of hydrogen-bond donors (Lipinski definition) is 0. The number of benzene rings is 3. The maximum absolute atomic E-state index is 13.4. The van der Waals surface area contributed by atoms with Crippen LogP contribution in [0.15, 0.2) is 78.9 Å². The van der Waals surface area contributed by atoms with Crippen LogP contribution in [-0.4, -0.2) is 50.3 Å². The molecule has 164 valence electrons. The van der Waals surface area contributed by atoms with Gasteiger partial charge in [0.15, 0.2) is 0 Å². The zero-order valence-corrected chi connectivity index (χ0v) is 18.1. The van der Waals surface area contributed by atoms with Crippen molar-refractivity contribution < 1.29 is 19.1 Å². The van der Waals surface area contributed by atoms with Crippen molar-refractivity contribution in [3.8, 4) is 11.1 Å². The van der Waals surface area contributed by atoms with E-state index in [9.17, 15) is 9.59 Å². The third-order valence-electron chi connectivity index (χ3n) is 5.51. The molecule has 2 amide bonds. The molecule has 0 aromatic heterocycles. The van der Waals surface area contributed by atoms with Gasteiger partial charge < -0.3 is 14.4 Å². The predicted molar refractivity (Wildman–Crippen MR) is 124 cm³/mol. The van der Waals surface area contributed by atoms with Gasteiger partial charge in [0.2, 0.25) is 0 Å². The van der Waals surface area contributed by atoms with Crippen molar-refractivity contribution in [3.63, 3.8) is 0 Å². The van der Waals surface area contributed by atoms with Crippen LogP contribution in [0.1, 0.15) is 15.9 Å². The molecule has 6 nitrogen and oxygen atoms in total. The summed E-state index contributed by atoms with van der Waals surface area (Å²) in [6.45, 7) is 2.61. The third kappa shape index (κ3) is 4.98. The first-order chi connectivity index (χ1) is 15.7. The lowest BCUT2D eigenvalue weighted by Gasteiger charge is -2.33. The number of morpholine rings is 1. The number of hydrogen-bond acceptors (Lipinski definition) is 4. The van der Waals surface area contributed by atoms with Crippen LogP contribution < -0.4 is 4.90 Å². The molecule has 0 saturated carbocycles. The molecule has 0 unspecified atom stereocenters. The van der Waals surface area contributed by atoms with Crippen molar-refractivity contribution >= 4 is 17.7 Å². The van der Waals surface area contributed by atoms with Crippen LogP contribution >= 0.6 is 0 Å². The van der Waals surface area contributed by atoms with Crippen LogP contribution in [0, 0.1) is 0 Å². The summed E-state index contributed by atoms with van der Waals surface area (Å²) in [6, 6.07) is 25.2. The average Bonchev–Trinajstić information content (AvgIpc) is 2.88. The van der Waals surface area contributed by atoms with E-state index in [1.165, 1.54) is 7.11 Å². The second-order valence-electron chi connectivity index (χ2n) is 7.57. The molecule has 3 aromatic rings. The molecule has 6 heteroatoms. The van der Waals surface area contributed by atoms with Gasteiger partial charge in [0.1, 0.15) is 0 Å². The largest absolute Gasteiger partial charge is 0.465 e. The summed E-state index contributed by atoms with van der Waals surface area (Å²) in [4.78, 5) is 28.7. The summed E-state index contributed by atoms with van der Waals surface area (Å²) in [5, 5.41) is 0. The Bertz CT molecular complexity index is 1040. The Morgan fingerprint density at radius 1 is 0.875 bits per heavy atom. The Hall–Kier alpha value is -3.64. The number of anilines is 1. The molecular weight excluding hydrogens is 404 g/mol. The Kier molecular flexibility index (Phi) is 6.82. The molecule has 1 heterocycles. The lowest BCUT2D eigenvalue weighted by molar-refractivity contribution is 0.0548. The molecule has 1 aliphatic rings. The highest BCUT2D eigenvalue weighted by atomic mass is 16.5. The van der Waals surface area contributed by atoms with Gasteiger partial charge in [-0.2, -0.15) is 0 Å². The van der Waals surface area contributed by atoms with Gasteiger partial charge in [0.05, 0.1) is 32.4 Å². The van der Waals surface area contributed by atoms with Gasteiger partial charge in [-0.15, -0.1) is 0 Å². The summed E-state index contributed by atoms with van der Waals surface area (Å²) in [5.41, 5.74) is 4.44. The summed E-state index contributed by atoms with van der Waals surface area (Å²) in [6.07, 6.45) is 0. The minimum absolute atomic E-state index is 0.0576. The van der Waals surface area contributed by atoms with Crippen molar-refractivity contribution in [2.45, 2.75) is 6.54 Å². The topological polar surface area (TPSA) is 59.1 Å². The molecule has 4 rings (SSSR count). The van der Waals surface area contributed by atoms with Crippen LogP contribution in [0.2, 0.25) is 0 Å². The number of carbonyl (C=O) groups is 2. The van der Waals surface area contributed by atoms with Gasteiger partial charge >= 0.3 is 12.0 Å². The van der Waals surface area contributed by atoms with Gasteiger partial charge in [-0.25, -0.2) is 9.59 Å². The minimum Gasteiger partial charge on any atom is -0.465 e. The van der Waals surface area contributed by atoms with Gasteiger partial charge in [0.25, 0.3) is 0 Å². The number of amides is 2. The van der Waals surface area contributed by atoms with Gasteiger partial charge in [-0.05, 0) is 41.0 Å². The maximum atomic E-state index is 13.4. The Morgan fingerprint density at radius 3 is 2.12 bits per heavy atom. The minimum atomic E-state index is -0.380. The maximum Gasteiger partial charge on any atom is 0.337 e. The molecular formula is C26H26N2O4. The van der Waals surface area contributed by atoms with Crippen LogP contribution in [0.25, 0.3) is 11.1 Å². The fraction of sp³-hybridized carbons (Fsp3) is 0.231. The van der Waals surface area contributed by atoms with E-state index in [0.717, 1.165) is 22.4 Å². The number of urea groups is 1. The molecule has 1 fully saturated rings. The van der Waals surface area contributed by atoms with Crippen LogP contribution in [0.4, 0.5) is 10.5 Å². The number of nitrogens with zero attached hydrogens (tertiary/aromatic N) is 2. The van der Waals surface area contributed by atoms with Crippen LogP contribution in [0.5, 0.6) is 0 Å². The number of methoxy groups -OCH3 is 1. The van der Waals surface area contributed by atoms with Crippen molar-refractivity contribution in [1.29, 1.82) is 0 Å². The standard InChI is InChI=1S/C26H26N2O4/c1-31-25(29)23-9-7-20(8-10-23)19-28(26(30)27-15-17-32-18-16-27)24-13-11-22(12-14-24)21-5-3-2-4-6-21/h2-14H,15-19H2,1H3. The monoisotopic (exact) mass is 430 g/mol. The second kappa shape index (κ2) is 10.1. The number of ether oxygens (including phenoxy) is 2. The van der Waals surface area contributed by atoms with E-state index in [2.05, 4.69) is 12.1 Å². The summed E-state index contributed by atoms with van der Waals surface area (Å²) in [7, 11) is 1.36. The lowest BCUT2D eigenvalue weighted by atomic mass is 10.1. The third-order valence-corrected chi connectivity index (χ3v) is 5.51. The highest BCUT2D eigenvalue weighted by Crippen LogP contribution is 2.25. The second-order valence-corrected chi connectivity index (χ2v) is 7.57. The van der Waals surface area contributed by atoms with E-state index in [1.54, 1.807) is 17.0 Å². The molecule has 1 saturated heterocycles. The summed E-state index contributed by atoms with van der Waals surface area (Å²) < 4.78 is 10.2. The summed E-state index contributed by atoms with van der Waals surface area (Å²) >= 11 is 0. The van der Waals surface area contributed by atoms with Gasteiger partial charge in [-0.1, -0.05) is 54.6 Å². The summed E-state index contributed by atoms with van der Waals surface area (Å²) in [5.74, 6) is -0.380. The molecule has 1 aliphatic heterocycles.